The van der Waals surface area contributed by atoms with Crippen LogP contribution in [0.3, 0.4) is 0 Å². The standard InChI is InChI=1S/C9H14.Na.H/c1-3-8(2)9-6-4-5-7-9;;/h4-6,8H,3,7H2,1-2H3;;. The Morgan fingerprint density at radius 3 is 2.70 bits per heavy atom. The Bertz CT molecular complexity index is 145. The molecule has 0 saturated carbocycles. The van der Waals surface area contributed by atoms with Crippen LogP contribution in [-0.4, -0.2) is 29.6 Å². The van der Waals surface area contributed by atoms with E-state index >= 15 is 0 Å². The van der Waals surface area contributed by atoms with Gasteiger partial charge in [-0.1, -0.05) is 37.6 Å². The van der Waals surface area contributed by atoms with E-state index in [1.54, 1.807) is 5.57 Å². The molecule has 1 atom stereocenters. The molecule has 0 radical (unpaired) electrons. The van der Waals surface area contributed by atoms with Crippen LogP contribution in [0, 0.1) is 5.92 Å². The van der Waals surface area contributed by atoms with E-state index in [-0.39, 0.29) is 29.6 Å². The molecule has 0 spiro atoms. The van der Waals surface area contributed by atoms with E-state index in [9.17, 15) is 0 Å². The summed E-state index contributed by atoms with van der Waals surface area (Å²) in [7, 11) is 0. The monoisotopic (exact) mass is 146 g/mol. The van der Waals surface area contributed by atoms with Gasteiger partial charge in [0.15, 0.2) is 0 Å². The van der Waals surface area contributed by atoms with Crippen LogP contribution in [-0.2, 0) is 0 Å². The number of hydrogen-bond acceptors (Lipinski definition) is 0. The summed E-state index contributed by atoms with van der Waals surface area (Å²) in [5, 5.41) is 0. The summed E-state index contributed by atoms with van der Waals surface area (Å²) in [6.45, 7) is 4.53. The third-order valence-electron chi connectivity index (χ3n) is 2.05. The normalized spacial score (nSPS) is 18.0. The molecule has 0 aliphatic heterocycles. The first-order valence-electron chi connectivity index (χ1n) is 3.70. The molecule has 0 aromatic carbocycles. The van der Waals surface area contributed by atoms with Crippen LogP contribution in [0.4, 0.5) is 0 Å². The van der Waals surface area contributed by atoms with Gasteiger partial charge in [-0.3, -0.25) is 0 Å². The van der Waals surface area contributed by atoms with Crippen molar-refractivity contribution in [1.29, 1.82) is 0 Å². The van der Waals surface area contributed by atoms with Crippen LogP contribution in [0.25, 0.3) is 0 Å². The summed E-state index contributed by atoms with van der Waals surface area (Å²) < 4.78 is 0. The van der Waals surface area contributed by atoms with Crippen molar-refractivity contribution in [2.24, 2.45) is 5.92 Å². The van der Waals surface area contributed by atoms with E-state index in [1.807, 2.05) is 0 Å². The first kappa shape index (κ1) is 10.5. The summed E-state index contributed by atoms with van der Waals surface area (Å²) >= 11 is 0. The molecular weight excluding hydrogens is 131 g/mol. The average Bonchev–Trinajstić information content (AvgIpc) is 2.37. The maximum absolute atomic E-state index is 2.29. The van der Waals surface area contributed by atoms with Gasteiger partial charge < -0.3 is 0 Å². The maximum atomic E-state index is 2.29. The average molecular weight is 146 g/mol. The molecule has 1 heteroatoms. The Kier molecular flexibility index (Phi) is 5.42. The zero-order valence-corrected chi connectivity index (χ0v) is 6.22. The third kappa shape index (κ3) is 2.61. The first-order valence-corrected chi connectivity index (χ1v) is 3.70. The van der Waals surface area contributed by atoms with Gasteiger partial charge in [-0.2, -0.15) is 0 Å². The topological polar surface area (TPSA) is 0 Å². The fourth-order valence-electron chi connectivity index (χ4n) is 1.09. The van der Waals surface area contributed by atoms with Crippen molar-refractivity contribution in [3.8, 4) is 0 Å². The molecule has 0 fully saturated rings. The first-order chi connectivity index (χ1) is 4.34. The second-order valence-corrected chi connectivity index (χ2v) is 2.68. The molecule has 0 saturated heterocycles. The second kappa shape index (κ2) is 5.17. The van der Waals surface area contributed by atoms with Gasteiger partial charge in [-0.15, -0.1) is 0 Å². The molecule has 1 aliphatic carbocycles. The summed E-state index contributed by atoms with van der Waals surface area (Å²) in [5.41, 5.74) is 1.59. The molecule has 10 heavy (non-hydrogen) atoms. The Morgan fingerprint density at radius 2 is 2.30 bits per heavy atom. The van der Waals surface area contributed by atoms with Crippen molar-refractivity contribution in [2.75, 3.05) is 0 Å². The van der Waals surface area contributed by atoms with Gasteiger partial charge in [0, 0.05) is 0 Å². The Hall–Kier alpha value is 0.480. The van der Waals surface area contributed by atoms with E-state index in [1.165, 1.54) is 12.8 Å². The molecular formula is C9H15Na. The van der Waals surface area contributed by atoms with Crippen LogP contribution in [0.1, 0.15) is 26.7 Å². The van der Waals surface area contributed by atoms with Crippen LogP contribution in [0.2, 0.25) is 0 Å². The summed E-state index contributed by atoms with van der Waals surface area (Å²) in [6, 6.07) is 0. The molecule has 1 unspecified atom stereocenters. The van der Waals surface area contributed by atoms with Crippen LogP contribution in [0.15, 0.2) is 23.8 Å². The SMILES string of the molecule is CCC(C)C1=CC=CC1.[NaH]. The zero-order valence-electron chi connectivity index (χ0n) is 6.22. The second-order valence-electron chi connectivity index (χ2n) is 2.68. The zero-order chi connectivity index (χ0) is 6.69. The molecule has 0 bridgehead atoms. The van der Waals surface area contributed by atoms with Gasteiger partial charge in [-0.05, 0) is 18.8 Å². The van der Waals surface area contributed by atoms with Gasteiger partial charge in [0.05, 0.1) is 0 Å². The molecule has 1 aliphatic rings. The van der Waals surface area contributed by atoms with E-state index in [2.05, 4.69) is 32.1 Å². The molecule has 1 rings (SSSR count). The predicted octanol–water partition coefficient (Wildman–Crippen LogP) is 2.27. The van der Waals surface area contributed by atoms with E-state index in [4.69, 9.17) is 0 Å². The Labute approximate surface area is 85.7 Å². The summed E-state index contributed by atoms with van der Waals surface area (Å²) in [4.78, 5) is 0. The van der Waals surface area contributed by atoms with Crippen LogP contribution < -0.4 is 0 Å². The quantitative estimate of drug-likeness (QED) is 0.524. The molecule has 52 valence electrons. The minimum absolute atomic E-state index is 0. The molecule has 0 aromatic heterocycles. The number of allylic oxidation sites excluding steroid dienone is 4. The Balaban J connectivity index is 0.000000810. The van der Waals surface area contributed by atoms with Crippen molar-refractivity contribution >= 4 is 29.6 Å². The summed E-state index contributed by atoms with van der Waals surface area (Å²) in [5.74, 6) is 0.792. The third-order valence-corrected chi connectivity index (χ3v) is 2.05. The van der Waals surface area contributed by atoms with Crippen molar-refractivity contribution in [1.82, 2.24) is 0 Å². The molecule has 0 heterocycles. The molecule has 0 nitrogen and oxygen atoms in total. The summed E-state index contributed by atoms with van der Waals surface area (Å²) in [6.07, 6.45) is 9.08. The van der Waals surface area contributed by atoms with Crippen molar-refractivity contribution in [3.63, 3.8) is 0 Å². The van der Waals surface area contributed by atoms with Gasteiger partial charge in [0.1, 0.15) is 0 Å². The van der Waals surface area contributed by atoms with E-state index < -0.39 is 0 Å². The molecule has 0 N–H and O–H groups in total. The van der Waals surface area contributed by atoms with Crippen molar-refractivity contribution < 1.29 is 0 Å². The van der Waals surface area contributed by atoms with Crippen molar-refractivity contribution in [3.05, 3.63) is 23.8 Å². The predicted molar refractivity (Wildman–Crippen MR) is 48.4 cm³/mol. The molecule has 0 aromatic rings. The number of hydrogen-bond donors (Lipinski definition) is 0. The number of rotatable bonds is 2. The van der Waals surface area contributed by atoms with E-state index in [0.29, 0.717) is 0 Å². The van der Waals surface area contributed by atoms with Gasteiger partial charge in [-0.25, -0.2) is 0 Å². The fourth-order valence-corrected chi connectivity index (χ4v) is 1.09. The molecule has 0 amide bonds. The van der Waals surface area contributed by atoms with E-state index in [0.717, 1.165) is 5.92 Å². The minimum atomic E-state index is 0. The van der Waals surface area contributed by atoms with Gasteiger partial charge >= 0.3 is 29.6 Å². The fraction of sp³-hybridized carbons (Fsp3) is 0.556. The Morgan fingerprint density at radius 1 is 1.60 bits per heavy atom. The van der Waals surface area contributed by atoms with Crippen molar-refractivity contribution in [2.45, 2.75) is 26.7 Å². The van der Waals surface area contributed by atoms with Crippen LogP contribution >= 0.6 is 0 Å². The van der Waals surface area contributed by atoms with Crippen LogP contribution in [0.5, 0.6) is 0 Å². The van der Waals surface area contributed by atoms with Gasteiger partial charge in [0.2, 0.25) is 0 Å². The van der Waals surface area contributed by atoms with Gasteiger partial charge in [0.25, 0.3) is 0 Å².